The van der Waals surface area contributed by atoms with Crippen molar-refractivity contribution >= 4 is 184 Å². The van der Waals surface area contributed by atoms with Crippen LogP contribution in [-0.2, 0) is 9.53 Å². The van der Waals surface area contributed by atoms with E-state index >= 15 is 0 Å². The molecule has 4 aliphatic heterocycles. The Kier molecular flexibility index (Phi) is 27.8. The number of benzene rings is 12. The second kappa shape index (κ2) is 37.7. The summed E-state index contributed by atoms with van der Waals surface area (Å²) in [6.45, 7) is 5.64. The second-order valence-corrected chi connectivity index (χ2v) is 29.6. The van der Waals surface area contributed by atoms with Crippen molar-refractivity contribution in [1.82, 2.24) is 0 Å². The highest BCUT2D eigenvalue weighted by molar-refractivity contribution is 14.1. The average molecular weight is 1850 g/mol. The quantitative estimate of drug-likeness (QED) is 0.0142. The first-order chi connectivity index (χ1) is 56.0. The van der Waals surface area contributed by atoms with Crippen LogP contribution < -0.4 is 46.8 Å². The number of rotatable bonds is 11. The van der Waals surface area contributed by atoms with Crippen LogP contribution in [0.25, 0.3) is 161 Å². The van der Waals surface area contributed by atoms with Crippen molar-refractivity contribution in [1.29, 1.82) is 0 Å². The van der Waals surface area contributed by atoms with Gasteiger partial charge in [0.15, 0.2) is 0 Å². The number of hydrogen-bond acceptors (Lipinski definition) is 10. The Labute approximate surface area is 700 Å². The molecule has 0 saturated carbocycles. The number of methoxy groups -OCH3 is 4. The lowest BCUT2D eigenvalue weighted by Crippen LogP contribution is -3.00. The topological polar surface area (TPSA) is 127 Å². The SMILES string of the molecule is CC(C)(C)OC(=O)CCCC#Cc1ccc(-[n+]2c3cccc4oc5cccc6oc7cccc2c7c(c43)-c56)cc1.COc1cccc(OC)c1-c1c2c(OC)cccc2[n+](-c2ccc(I)cc2)c2cccc(OC)c12.FB(F)F.FB(F)F.FB(F)F.Ic1ccc(-[n+]2c3cccc4oc5cccc6oc7cccc2c7c(c43)-c56)cc1.[F-].[F-].[F-]. The second-order valence-electron chi connectivity index (χ2n) is 27.1. The summed E-state index contributed by atoms with van der Waals surface area (Å²) in [6, 6.07) is 80.4. The summed E-state index contributed by atoms with van der Waals surface area (Å²) >= 11 is 4.67. The number of fused-ring (bicyclic) bond motifs is 2. The number of aromatic nitrogens is 3. The van der Waals surface area contributed by atoms with Crippen molar-refractivity contribution in [3.05, 3.63) is 249 Å². The number of unbranched alkanes of at least 4 members (excludes halogenated alkanes) is 1. The Bertz CT molecular complexity index is 6460. The van der Waals surface area contributed by atoms with E-state index in [-0.39, 0.29) is 20.1 Å². The number of esters is 1. The number of nitrogens with zero attached hydrogens (tertiary/aromatic N) is 3. The molecule has 0 aliphatic carbocycles. The highest BCUT2D eigenvalue weighted by atomic mass is 127. The molecule has 0 saturated heterocycles. The number of carbonyl (C=O) groups excluding carboxylic acids is 1. The molecule has 12 aromatic carbocycles. The van der Waals surface area contributed by atoms with Gasteiger partial charge in [0.2, 0.25) is 50.2 Å². The zero-order valence-electron chi connectivity index (χ0n) is 64.1. The molecule has 7 heterocycles. The predicted molar refractivity (Wildman–Crippen MR) is 455 cm³/mol. The Hall–Kier alpha value is -12.1. The van der Waals surface area contributed by atoms with Crippen LogP contribution in [0.2, 0.25) is 0 Å². The van der Waals surface area contributed by atoms with Gasteiger partial charge in [0.25, 0.3) is 0 Å². The maximum atomic E-state index is 11.9. The highest BCUT2D eigenvalue weighted by Gasteiger charge is 2.36. The molecule has 0 amide bonds. The van der Waals surface area contributed by atoms with Crippen molar-refractivity contribution < 1.29 is 113 Å². The normalized spacial score (nSPS) is 11.0. The molecule has 4 aliphatic rings. The van der Waals surface area contributed by atoms with Gasteiger partial charge in [0, 0.05) is 115 Å². The molecule has 0 radical (unpaired) electrons. The van der Waals surface area contributed by atoms with Crippen LogP contribution in [0, 0.1) is 19.0 Å². The third-order valence-corrected chi connectivity index (χ3v) is 20.5. The van der Waals surface area contributed by atoms with Crippen LogP contribution in [0.4, 0.5) is 38.8 Å². The maximum absolute atomic E-state index is 11.9. The molecule has 13 nitrogen and oxygen atoms in total. The van der Waals surface area contributed by atoms with E-state index in [2.05, 4.69) is 192 Å². The smallest absolute Gasteiger partial charge is 0.762 e. The fraction of sp³-hybridized carbons (Fsp3) is 0.124. The molecule has 119 heavy (non-hydrogen) atoms. The van der Waals surface area contributed by atoms with E-state index < -0.39 is 28.2 Å². The first-order valence-electron chi connectivity index (χ1n) is 36.2. The van der Waals surface area contributed by atoms with E-state index in [1.54, 1.807) is 28.4 Å². The fourth-order valence-corrected chi connectivity index (χ4v) is 15.7. The van der Waals surface area contributed by atoms with E-state index in [0.717, 1.165) is 166 Å². The Morgan fingerprint density at radius 2 is 0.613 bits per heavy atom. The van der Waals surface area contributed by atoms with E-state index in [4.69, 9.17) is 41.4 Å². The van der Waals surface area contributed by atoms with E-state index in [1.165, 1.54) is 18.3 Å². The molecule has 0 N–H and O–H groups in total. The van der Waals surface area contributed by atoms with E-state index in [9.17, 15) is 43.6 Å². The summed E-state index contributed by atoms with van der Waals surface area (Å²) in [4.78, 5) is 11.9. The lowest BCUT2D eigenvalue weighted by molar-refractivity contribution is -0.538. The summed E-state index contributed by atoms with van der Waals surface area (Å²) in [6.07, 6.45) is 1.70. The fourth-order valence-electron chi connectivity index (χ4n) is 15.0. The first-order valence-corrected chi connectivity index (χ1v) is 38.3. The molecule has 19 rings (SSSR count). The minimum Gasteiger partial charge on any atom is -1.00 e. The average Bonchev–Trinajstić information content (AvgIpc) is 0.700. The zero-order valence-corrected chi connectivity index (χ0v) is 68.4. The molecule has 0 fully saturated rings. The number of hydrogen-bond donors (Lipinski definition) is 0. The molecule has 15 aromatic rings. The first kappa shape index (κ1) is 87.7. The molecule has 0 bridgehead atoms. The van der Waals surface area contributed by atoms with Gasteiger partial charge in [-0.1, -0.05) is 66.4 Å². The monoisotopic (exact) mass is 1850 g/mol. The third-order valence-electron chi connectivity index (χ3n) is 19.1. The molecular formula is C89H66B3F12I2N3O10. The van der Waals surface area contributed by atoms with Crippen molar-refractivity contribution in [3.8, 4) is 85.3 Å². The van der Waals surface area contributed by atoms with Gasteiger partial charge in [-0.2, -0.15) is 13.7 Å². The summed E-state index contributed by atoms with van der Waals surface area (Å²) in [5.74, 6) is 9.15. The number of pyridine rings is 3. The molecule has 0 unspecified atom stereocenters. The summed E-state index contributed by atoms with van der Waals surface area (Å²) in [5, 5.41) is 6.31. The van der Waals surface area contributed by atoms with Crippen LogP contribution in [-0.4, -0.2) is 62.6 Å². The predicted octanol–water partition coefficient (Wildman–Crippen LogP) is 15.3. The molecule has 3 aromatic heterocycles. The third kappa shape index (κ3) is 17.9. The highest BCUT2D eigenvalue weighted by Crippen LogP contribution is 2.52. The van der Waals surface area contributed by atoms with Gasteiger partial charge >= 0.3 is 28.6 Å². The molecule has 0 atom stereocenters. The molecule has 604 valence electrons. The Balaban J connectivity index is 0.000000163. The zero-order chi connectivity index (χ0) is 81.8. The minimum atomic E-state index is -3.67. The van der Waals surface area contributed by atoms with Gasteiger partial charge in [-0.15, -0.1) is 0 Å². The lowest BCUT2D eigenvalue weighted by Gasteiger charge is -2.19. The number of ether oxygens (including phenoxy) is 5. The van der Waals surface area contributed by atoms with Gasteiger partial charge in [0.05, 0.1) is 77.4 Å². The van der Waals surface area contributed by atoms with Crippen LogP contribution in [0.3, 0.4) is 0 Å². The summed E-state index contributed by atoms with van der Waals surface area (Å²) < 4.78 is 151. The van der Waals surface area contributed by atoms with Gasteiger partial charge in [-0.25, -0.2) is 0 Å². The van der Waals surface area contributed by atoms with Crippen molar-refractivity contribution in [3.63, 3.8) is 0 Å². The maximum Gasteiger partial charge on any atom is 0.762 e. The van der Waals surface area contributed by atoms with Gasteiger partial charge < -0.3 is 55.5 Å². The van der Waals surface area contributed by atoms with Crippen molar-refractivity contribution in [2.24, 2.45) is 0 Å². The number of carbonyl (C=O) groups is 1. The van der Waals surface area contributed by atoms with Crippen LogP contribution in [0.1, 0.15) is 45.6 Å². The number of halogens is 14. The largest absolute Gasteiger partial charge is 1.00 e. The summed E-state index contributed by atoms with van der Waals surface area (Å²) in [7, 11) is -4.27. The van der Waals surface area contributed by atoms with Crippen LogP contribution in [0.5, 0.6) is 23.0 Å². The standard InChI is InChI=1S/C35H28NO4.C29H25INO4.C25H13INO2.3BF3.3FH/c1-35(2,3)40-30(37)17-6-4-5-10-22-18-20-23(21-19-22)36-24-11-7-13-26-31(24)34-32-25(36)12-8-14-27(32)39-29-16-9-15-28(38-26)33(29)34;1-32-22-10-5-8-20-26(22)29(28-24(34-3)12-7-13-25(28)35-4)27-21(9-6-11-23(27)33-2)31(20)19-16-14-18(30)15-17-19;26-14-10-12-15(13-11-14)27-16-4-1-6-18-22(16)25-23-17(27)5-2-7-19(23)29-21-9-3-8-20(28-18)24(21)25;3*2-1(3)4;;;/h7-9,11-16,18-21H,4,6,17H2,1-3H3;5-17H,1-4H3;1-13H;;;;3*1H/q3*+1;;;;;;/p-3. The van der Waals surface area contributed by atoms with Gasteiger partial charge in [-0.05, 0) is 182 Å². The molecule has 0 spiro atoms. The summed E-state index contributed by atoms with van der Waals surface area (Å²) in [5.41, 5.74) is 23.1. The van der Waals surface area contributed by atoms with Gasteiger partial charge in [0.1, 0.15) is 73.3 Å². The lowest BCUT2D eigenvalue weighted by atomic mass is 9.92. The minimum absolute atomic E-state index is 0. The van der Waals surface area contributed by atoms with Crippen LogP contribution >= 0.6 is 45.2 Å². The van der Waals surface area contributed by atoms with E-state index in [0.29, 0.717) is 30.8 Å². The molecule has 30 heteroatoms. The van der Waals surface area contributed by atoms with Crippen LogP contribution in [0.15, 0.2) is 254 Å². The van der Waals surface area contributed by atoms with Gasteiger partial charge in [-0.3, -0.25) is 43.6 Å². The van der Waals surface area contributed by atoms with Crippen molar-refractivity contribution in [2.75, 3.05) is 28.4 Å². The van der Waals surface area contributed by atoms with Crippen molar-refractivity contribution in [2.45, 2.75) is 45.6 Å². The Morgan fingerprint density at radius 3 is 0.924 bits per heavy atom. The van der Waals surface area contributed by atoms with E-state index in [1.807, 2.05) is 136 Å². The Morgan fingerprint density at radius 1 is 0.353 bits per heavy atom. The molecular weight excluding hydrogens is 1790 g/mol.